The normalized spacial score (nSPS) is 12.8. The van der Waals surface area contributed by atoms with Crippen LogP contribution in [-0.2, 0) is 0 Å². The van der Waals surface area contributed by atoms with E-state index in [1.807, 2.05) is 30.3 Å². The van der Waals surface area contributed by atoms with Gasteiger partial charge in [0.1, 0.15) is 0 Å². The highest BCUT2D eigenvalue weighted by Crippen LogP contribution is 2.22. The van der Waals surface area contributed by atoms with Crippen LogP contribution in [0, 0.1) is 0 Å². The highest BCUT2D eigenvalue weighted by Gasteiger charge is 2.07. The summed E-state index contributed by atoms with van der Waals surface area (Å²) in [6.45, 7) is 2.17. The van der Waals surface area contributed by atoms with Crippen LogP contribution in [0.1, 0.15) is 44.3 Å². The van der Waals surface area contributed by atoms with Gasteiger partial charge in [0, 0.05) is 11.6 Å². The molecule has 2 rings (SSSR count). The zero-order valence-electron chi connectivity index (χ0n) is 10.3. The fourth-order valence-electron chi connectivity index (χ4n) is 2.05. The smallest absolute Gasteiger partial charge is 0.0790 e. The van der Waals surface area contributed by atoms with Gasteiger partial charge in [-0.05, 0) is 24.1 Å². The molecular formula is C15H19NO. The number of rotatable bonds is 5. The second-order valence-electron chi connectivity index (χ2n) is 4.47. The third-order valence-corrected chi connectivity index (χ3v) is 3.10. The van der Waals surface area contributed by atoms with Gasteiger partial charge >= 0.3 is 0 Å². The van der Waals surface area contributed by atoms with Crippen LogP contribution in [0.5, 0.6) is 0 Å². The first-order valence-corrected chi connectivity index (χ1v) is 6.34. The summed E-state index contributed by atoms with van der Waals surface area (Å²) in [5.74, 6) is 0. The standard InChI is InChI=1S/C15H19NO/c1-2-3-4-7-15(17)13-9-8-12-6-5-10-16-14(12)11-13/h5-6,8-11,15,17H,2-4,7H2,1H3. The molecule has 2 heteroatoms. The molecular weight excluding hydrogens is 210 g/mol. The van der Waals surface area contributed by atoms with E-state index in [-0.39, 0.29) is 6.10 Å². The molecule has 17 heavy (non-hydrogen) atoms. The van der Waals surface area contributed by atoms with Crippen LogP contribution in [0.2, 0.25) is 0 Å². The molecule has 0 saturated carbocycles. The Morgan fingerprint density at radius 3 is 2.94 bits per heavy atom. The summed E-state index contributed by atoms with van der Waals surface area (Å²) in [4.78, 5) is 4.31. The van der Waals surface area contributed by atoms with Crippen molar-refractivity contribution in [2.75, 3.05) is 0 Å². The quantitative estimate of drug-likeness (QED) is 0.790. The van der Waals surface area contributed by atoms with E-state index in [0.29, 0.717) is 0 Å². The molecule has 1 heterocycles. The Morgan fingerprint density at radius 1 is 1.24 bits per heavy atom. The lowest BCUT2D eigenvalue weighted by molar-refractivity contribution is 0.163. The van der Waals surface area contributed by atoms with E-state index < -0.39 is 0 Å². The maximum Gasteiger partial charge on any atom is 0.0790 e. The van der Waals surface area contributed by atoms with Crippen molar-refractivity contribution in [1.29, 1.82) is 0 Å². The van der Waals surface area contributed by atoms with E-state index in [0.717, 1.165) is 29.3 Å². The van der Waals surface area contributed by atoms with Crippen LogP contribution in [0.25, 0.3) is 10.9 Å². The first kappa shape index (κ1) is 12.1. The molecule has 0 saturated heterocycles. The number of aromatic nitrogens is 1. The molecule has 2 nitrogen and oxygen atoms in total. The lowest BCUT2D eigenvalue weighted by Crippen LogP contribution is -1.97. The third kappa shape index (κ3) is 3.04. The third-order valence-electron chi connectivity index (χ3n) is 3.10. The number of pyridine rings is 1. The van der Waals surface area contributed by atoms with E-state index >= 15 is 0 Å². The Balaban J connectivity index is 2.12. The molecule has 1 N–H and O–H groups in total. The number of fused-ring (bicyclic) bond motifs is 1. The second-order valence-corrected chi connectivity index (χ2v) is 4.47. The SMILES string of the molecule is CCCCCC(O)c1ccc2cccnc2c1. The first-order valence-electron chi connectivity index (χ1n) is 6.34. The molecule has 2 aromatic rings. The zero-order chi connectivity index (χ0) is 12.1. The van der Waals surface area contributed by atoms with E-state index in [1.54, 1.807) is 6.20 Å². The van der Waals surface area contributed by atoms with Gasteiger partial charge in [-0.3, -0.25) is 4.98 Å². The predicted molar refractivity (Wildman–Crippen MR) is 70.8 cm³/mol. The molecule has 0 bridgehead atoms. The number of aliphatic hydroxyl groups is 1. The largest absolute Gasteiger partial charge is 0.388 e. The fraction of sp³-hybridized carbons (Fsp3) is 0.400. The van der Waals surface area contributed by atoms with Gasteiger partial charge in [-0.15, -0.1) is 0 Å². The van der Waals surface area contributed by atoms with Gasteiger partial charge in [0.2, 0.25) is 0 Å². The Morgan fingerprint density at radius 2 is 2.12 bits per heavy atom. The Kier molecular flexibility index (Phi) is 4.10. The number of nitrogens with zero attached hydrogens (tertiary/aromatic N) is 1. The van der Waals surface area contributed by atoms with Crippen molar-refractivity contribution in [3.63, 3.8) is 0 Å². The average Bonchev–Trinajstić information content (AvgIpc) is 2.38. The van der Waals surface area contributed by atoms with Crippen LogP contribution in [-0.4, -0.2) is 10.1 Å². The summed E-state index contributed by atoms with van der Waals surface area (Å²) in [7, 11) is 0. The summed E-state index contributed by atoms with van der Waals surface area (Å²) >= 11 is 0. The molecule has 1 aromatic carbocycles. The molecule has 0 fully saturated rings. The number of aliphatic hydroxyl groups excluding tert-OH is 1. The summed E-state index contributed by atoms with van der Waals surface area (Å²) in [5.41, 5.74) is 1.94. The lowest BCUT2D eigenvalue weighted by Gasteiger charge is -2.11. The molecule has 0 aliphatic heterocycles. The van der Waals surface area contributed by atoms with Gasteiger partial charge < -0.3 is 5.11 Å². The fourth-order valence-corrected chi connectivity index (χ4v) is 2.05. The zero-order valence-corrected chi connectivity index (χ0v) is 10.3. The summed E-state index contributed by atoms with van der Waals surface area (Å²) in [5, 5.41) is 11.2. The van der Waals surface area contributed by atoms with Crippen LogP contribution in [0.4, 0.5) is 0 Å². The second kappa shape index (κ2) is 5.78. The topological polar surface area (TPSA) is 33.1 Å². The van der Waals surface area contributed by atoms with Crippen molar-refractivity contribution >= 4 is 10.9 Å². The highest BCUT2D eigenvalue weighted by atomic mass is 16.3. The first-order chi connectivity index (χ1) is 8.31. The van der Waals surface area contributed by atoms with E-state index in [2.05, 4.69) is 11.9 Å². The molecule has 1 atom stereocenters. The van der Waals surface area contributed by atoms with E-state index in [4.69, 9.17) is 0 Å². The van der Waals surface area contributed by atoms with Gasteiger partial charge in [-0.1, -0.05) is 44.4 Å². The molecule has 90 valence electrons. The summed E-state index contributed by atoms with van der Waals surface area (Å²) in [6, 6.07) is 9.99. The number of hydrogen-bond donors (Lipinski definition) is 1. The van der Waals surface area contributed by atoms with Gasteiger partial charge in [-0.2, -0.15) is 0 Å². The van der Waals surface area contributed by atoms with Crippen molar-refractivity contribution in [2.45, 2.75) is 38.7 Å². The summed E-state index contributed by atoms with van der Waals surface area (Å²) < 4.78 is 0. The lowest BCUT2D eigenvalue weighted by atomic mass is 10.0. The van der Waals surface area contributed by atoms with Gasteiger partial charge in [0.15, 0.2) is 0 Å². The molecule has 0 radical (unpaired) electrons. The number of unbranched alkanes of at least 4 members (excludes halogenated alkanes) is 2. The maximum absolute atomic E-state index is 10.1. The van der Waals surface area contributed by atoms with Gasteiger partial charge in [-0.25, -0.2) is 0 Å². The predicted octanol–water partition coefficient (Wildman–Crippen LogP) is 3.85. The molecule has 0 aliphatic carbocycles. The average molecular weight is 229 g/mol. The monoisotopic (exact) mass is 229 g/mol. The Hall–Kier alpha value is -1.41. The van der Waals surface area contributed by atoms with Crippen LogP contribution < -0.4 is 0 Å². The summed E-state index contributed by atoms with van der Waals surface area (Å²) in [6.07, 6.45) is 5.72. The van der Waals surface area contributed by atoms with Crippen molar-refractivity contribution in [3.05, 3.63) is 42.1 Å². The van der Waals surface area contributed by atoms with E-state index in [9.17, 15) is 5.11 Å². The minimum Gasteiger partial charge on any atom is -0.388 e. The maximum atomic E-state index is 10.1. The van der Waals surface area contributed by atoms with Crippen molar-refractivity contribution in [2.24, 2.45) is 0 Å². The van der Waals surface area contributed by atoms with Crippen molar-refractivity contribution in [3.8, 4) is 0 Å². The minimum atomic E-state index is -0.354. The van der Waals surface area contributed by atoms with Crippen LogP contribution >= 0.6 is 0 Å². The van der Waals surface area contributed by atoms with Crippen LogP contribution in [0.15, 0.2) is 36.5 Å². The van der Waals surface area contributed by atoms with Gasteiger partial charge in [0.05, 0.1) is 11.6 Å². The molecule has 1 unspecified atom stereocenters. The Labute approximate surface area is 102 Å². The van der Waals surface area contributed by atoms with Crippen molar-refractivity contribution in [1.82, 2.24) is 4.98 Å². The number of benzene rings is 1. The molecule has 0 aliphatic rings. The number of hydrogen-bond acceptors (Lipinski definition) is 2. The Bertz CT molecular complexity index is 481. The van der Waals surface area contributed by atoms with Gasteiger partial charge in [0.25, 0.3) is 0 Å². The van der Waals surface area contributed by atoms with E-state index in [1.165, 1.54) is 12.8 Å². The van der Waals surface area contributed by atoms with Crippen LogP contribution in [0.3, 0.4) is 0 Å². The molecule has 1 aromatic heterocycles. The molecule has 0 spiro atoms. The van der Waals surface area contributed by atoms with Crippen molar-refractivity contribution < 1.29 is 5.11 Å². The molecule has 0 amide bonds. The highest BCUT2D eigenvalue weighted by molar-refractivity contribution is 5.78. The minimum absolute atomic E-state index is 0.354.